The third kappa shape index (κ3) is 1.69. The number of carbonyl (C=O) groups is 1. The van der Waals surface area contributed by atoms with Crippen LogP contribution in [0.3, 0.4) is 0 Å². The number of nitrogens with zero attached hydrogens (tertiary/aromatic N) is 1. The average molecular weight is 172 g/mol. The fourth-order valence-electron chi connectivity index (χ4n) is 1.43. The SMILES string of the molecule is CC(C)(CCN)N1CCOC1=O. The maximum absolute atomic E-state index is 11.2. The van der Waals surface area contributed by atoms with Crippen molar-refractivity contribution in [3.05, 3.63) is 0 Å². The molecule has 0 aromatic rings. The number of ether oxygens (including phenoxy) is 1. The van der Waals surface area contributed by atoms with Crippen LogP contribution in [0.1, 0.15) is 20.3 Å². The van der Waals surface area contributed by atoms with Gasteiger partial charge in [0.15, 0.2) is 0 Å². The topological polar surface area (TPSA) is 55.6 Å². The molecule has 0 saturated carbocycles. The lowest BCUT2D eigenvalue weighted by Gasteiger charge is -2.32. The first-order valence-corrected chi connectivity index (χ1v) is 4.22. The molecular weight excluding hydrogens is 156 g/mol. The summed E-state index contributed by atoms with van der Waals surface area (Å²) >= 11 is 0. The smallest absolute Gasteiger partial charge is 0.410 e. The second-order valence-corrected chi connectivity index (χ2v) is 3.62. The van der Waals surface area contributed by atoms with E-state index in [1.165, 1.54) is 0 Å². The molecule has 1 heterocycles. The predicted octanol–water partition coefficient (Wildman–Crippen LogP) is 0.566. The summed E-state index contributed by atoms with van der Waals surface area (Å²) < 4.78 is 4.84. The zero-order valence-electron chi connectivity index (χ0n) is 7.67. The zero-order valence-corrected chi connectivity index (χ0v) is 7.67. The monoisotopic (exact) mass is 172 g/mol. The van der Waals surface area contributed by atoms with Crippen molar-refractivity contribution in [3.8, 4) is 0 Å². The first-order chi connectivity index (χ1) is 5.58. The minimum Gasteiger partial charge on any atom is -0.448 e. The maximum atomic E-state index is 11.2. The largest absolute Gasteiger partial charge is 0.448 e. The van der Waals surface area contributed by atoms with Crippen LogP contribution in [0.25, 0.3) is 0 Å². The van der Waals surface area contributed by atoms with Crippen LogP contribution in [0.5, 0.6) is 0 Å². The van der Waals surface area contributed by atoms with Crippen molar-refractivity contribution in [2.24, 2.45) is 5.73 Å². The van der Waals surface area contributed by atoms with E-state index in [-0.39, 0.29) is 11.6 Å². The lowest BCUT2D eigenvalue weighted by molar-refractivity contribution is 0.123. The predicted molar refractivity (Wildman–Crippen MR) is 45.8 cm³/mol. The standard InChI is InChI=1S/C8H16N2O2/c1-8(2,3-4-9)10-5-6-12-7(10)11/h3-6,9H2,1-2H3. The second kappa shape index (κ2) is 3.31. The molecule has 0 aromatic carbocycles. The van der Waals surface area contributed by atoms with Crippen molar-refractivity contribution in [2.45, 2.75) is 25.8 Å². The summed E-state index contributed by atoms with van der Waals surface area (Å²) in [4.78, 5) is 12.9. The van der Waals surface area contributed by atoms with Crippen LogP contribution in [0.15, 0.2) is 0 Å². The molecule has 0 unspecified atom stereocenters. The summed E-state index contributed by atoms with van der Waals surface area (Å²) in [5.41, 5.74) is 5.28. The van der Waals surface area contributed by atoms with Crippen molar-refractivity contribution in [1.82, 2.24) is 4.90 Å². The van der Waals surface area contributed by atoms with Gasteiger partial charge in [-0.3, -0.25) is 4.90 Å². The van der Waals surface area contributed by atoms with E-state index in [0.717, 1.165) is 6.42 Å². The number of hydrogen-bond donors (Lipinski definition) is 1. The third-order valence-electron chi connectivity index (χ3n) is 2.25. The number of carbonyl (C=O) groups excluding carboxylic acids is 1. The second-order valence-electron chi connectivity index (χ2n) is 3.62. The summed E-state index contributed by atoms with van der Waals surface area (Å²) in [6.45, 7) is 5.80. The Morgan fingerprint density at radius 2 is 2.33 bits per heavy atom. The van der Waals surface area contributed by atoms with Gasteiger partial charge in [-0.25, -0.2) is 4.79 Å². The Balaban J connectivity index is 2.60. The van der Waals surface area contributed by atoms with Crippen LogP contribution in [0, 0.1) is 0 Å². The Kier molecular flexibility index (Phi) is 2.57. The minimum absolute atomic E-state index is 0.164. The molecule has 0 atom stereocenters. The molecule has 1 fully saturated rings. The van der Waals surface area contributed by atoms with Gasteiger partial charge in [-0.05, 0) is 26.8 Å². The molecule has 2 N–H and O–H groups in total. The Morgan fingerprint density at radius 1 is 1.67 bits per heavy atom. The molecule has 70 valence electrons. The van der Waals surface area contributed by atoms with E-state index in [2.05, 4.69) is 0 Å². The van der Waals surface area contributed by atoms with Gasteiger partial charge in [0.1, 0.15) is 6.61 Å². The van der Waals surface area contributed by atoms with E-state index in [0.29, 0.717) is 19.7 Å². The summed E-state index contributed by atoms with van der Waals surface area (Å²) in [7, 11) is 0. The molecule has 1 rings (SSSR count). The molecule has 0 bridgehead atoms. The Bertz CT molecular complexity index is 180. The molecule has 0 spiro atoms. The van der Waals surface area contributed by atoms with Gasteiger partial charge >= 0.3 is 6.09 Å². The molecule has 0 radical (unpaired) electrons. The van der Waals surface area contributed by atoms with Crippen LogP contribution >= 0.6 is 0 Å². The normalized spacial score (nSPS) is 18.2. The van der Waals surface area contributed by atoms with Gasteiger partial charge in [0.2, 0.25) is 0 Å². The van der Waals surface area contributed by atoms with E-state index < -0.39 is 0 Å². The van der Waals surface area contributed by atoms with Gasteiger partial charge in [0.05, 0.1) is 6.54 Å². The molecule has 4 heteroatoms. The quantitative estimate of drug-likeness (QED) is 0.677. The van der Waals surface area contributed by atoms with Gasteiger partial charge in [-0.1, -0.05) is 0 Å². The van der Waals surface area contributed by atoms with Crippen LogP contribution in [-0.2, 0) is 4.74 Å². The highest BCUT2D eigenvalue weighted by atomic mass is 16.6. The van der Waals surface area contributed by atoms with E-state index >= 15 is 0 Å². The molecule has 1 amide bonds. The molecule has 4 nitrogen and oxygen atoms in total. The van der Waals surface area contributed by atoms with E-state index in [4.69, 9.17) is 10.5 Å². The first kappa shape index (κ1) is 9.32. The van der Waals surface area contributed by atoms with Gasteiger partial charge in [-0.15, -0.1) is 0 Å². The van der Waals surface area contributed by atoms with E-state index in [9.17, 15) is 4.79 Å². The number of nitrogens with two attached hydrogens (primary N) is 1. The lowest BCUT2D eigenvalue weighted by Crippen LogP contribution is -2.45. The van der Waals surface area contributed by atoms with Crippen molar-refractivity contribution in [3.63, 3.8) is 0 Å². The first-order valence-electron chi connectivity index (χ1n) is 4.22. The highest BCUT2D eigenvalue weighted by Gasteiger charge is 2.34. The fraction of sp³-hybridized carbons (Fsp3) is 0.875. The van der Waals surface area contributed by atoms with Crippen LogP contribution in [0.4, 0.5) is 4.79 Å². The number of cyclic esters (lactones) is 1. The van der Waals surface area contributed by atoms with Gasteiger partial charge in [0.25, 0.3) is 0 Å². The third-order valence-corrected chi connectivity index (χ3v) is 2.25. The van der Waals surface area contributed by atoms with Crippen molar-refractivity contribution >= 4 is 6.09 Å². The van der Waals surface area contributed by atoms with Crippen molar-refractivity contribution in [2.75, 3.05) is 19.7 Å². The molecule has 1 aliphatic rings. The minimum atomic E-state index is -0.214. The van der Waals surface area contributed by atoms with Crippen molar-refractivity contribution in [1.29, 1.82) is 0 Å². The highest BCUT2D eigenvalue weighted by molar-refractivity contribution is 5.70. The van der Waals surface area contributed by atoms with Crippen LogP contribution in [0.2, 0.25) is 0 Å². The molecule has 1 aliphatic heterocycles. The van der Waals surface area contributed by atoms with Gasteiger partial charge < -0.3 is 10.5 Å². The molecule has 1 saturated heterocycles. The number of amides is 1. The highest BCUT2D eigenvalue weighted by Crippen LogP contribution is 2.21. The molecular formula is C8H16N2O2. The maximum Gasteiger partial charge on any atom is 0.410 e. The van der Waals surface area contributed by atoms with E-state index in [1.54, 1.807) is 4.90 Å². The summed E-state index contributed by atoms with van der Waals surface area (Å²) in [6.07, 6.45) is 0.593. The average Bonchev–Trinajstić information content (AvgIpc) is 2.35. The molecule has 12 heavy (non-hydrogen) atoms. The lowest BCUT2D eigenvalue weighted by atomic mass is 9.99. The van der Waals surface area contributed by atoms with Crippen LogP contribution < -0.4 is 5.73 Å². The molecule has 0 aliphatic carbocycles. The number of hydrogen-bond acceptors (Lipinski definition) is 3. The Morgan fingerprint density at radius 3 is 2.75 bits per heavy atom. The fourth-order valence-corrected chi connectivity index (χ4v) is 1.43. The van der Waals surface area contributed by atoms with Gasteiger partial charge in [-0.2, -0.15) is 0 Å². The zero-order chi connectivity index (χ0) is 9.19. The Hall–Kier alpha value is -0.770. The molecule has 0 aromatic heterocycles. The number of rotatable bonds is 3. The summed E-state index contributed by atoms with van der Waals surface area (Å²) in [5.74, 6) is 0. The van der Waals surface area contributed by atoms with Crippen LogP contribution in [-0.4, -0.2) is 36.2 Å². The Labute approximate surface area is 72.7 Å². The summed E-state index contributed by atoms with van der Waals surface area (Å²) in [5, 5.41) is 0. The summed E-state index contributed by atoms with van der Waals surface area (Å²) in [6, 6.07) is 0. The van der Waals surface area contributed by atoms with Crippen molar-refractivity contribution < 1.29 is 9.53 Å². The van der Waals surface area contributed by atoms with E-state index in [1.807, 2.05) is 13.8 Å². The van der Waals surface area contributed by atoms with Gasteiger partial charge in [0, 0.05) is 5.54 Å².